The molecule has 1 N–H and O–H groups in total. The fourth-order valence-electron chi connectivity index (χ4n) is 3.18. The van der Waals surface area contributed by atoms with Crippen LogP contribution in [-0.2, 0) is 26.3 Å². The number of carboxylic acids is 1. The molecule has 0 atom stereocenters. The third-order valence-corrected chi connectivity index (χ3v) is 7.71. The van der Waals surface area contributed by atoms with E-state index in [0.29, 0.717) is 37.7 Å². The van der Waals surface area contributed by atoms with E-state index in [2.05, 4.69) is 0 Å². The number of carbonyl (C=O) groups excluding carboxylic acids is 1. The number of benzene rings is 2. The highest BCUT2D eigenvalue weighted by Crippen LogP contribution is 2.17. The minimum atomic E-state index is -3.40. The summed E-state index contributed by atoms with van der Waals surface area (Å²) in [7, 11) is -3.40. The molecular formula is C21H24N2O5S2. The van der Waals surface area contributed by atoms with Gasteiger partial charge in [0.05, 0.1) is 17.1 Å². The van der Waals surface area contributed by atoms with Crippen molar-refractivity contribution >= 4 is 33.7 Å². The highest BCUT2D eigenvalue weighted by molar-refractivity contribution is 7.99. The molecule has 0 spiro atoms. The number of thioether (sulfide) groups is 1. The summed E-state index contributed by atoms with van der Waals surface area (Å²) in [6.45, 7) is 1.39. The lowest BCUT2D eigenvalue weighted by Gasteiger charge is -2.34. The van der Waals surface area contributed by atoms with Crippen molar-refractivity contribution in [1.29, 1.82) is 0 Å². The van der Waals surface area contributed by atoms with Crippen molar-refractivity contribution in [3.05, 3.63) is 71.3 Å². The lowest BCUT2D eigenvalue weighted by Crippen LogP contribution is -2.51. The van der Waals surface area contributed by atoms with Gasteiger partial charge in [-0.05, 0) is 23.3 Å². The van der Waals surface area contributed by atoms with Crippen LogP contribution in [0.15, 0.2) is 54.6 Å². The van der Waals surface area contributed by atoms with Gasteiger partial charge in [-0.3, -0.25) is 4.79 Å². The molecule has 0 aliphatic carbocycles. The minimum absolute atomic E-state index is 0.0118. The summed E-state index contributed by atoms with van der Waals surface area (Å²) in [6.07, 6.45) is 0. The maximum absolute atomic E-state index is 12.6. The standard InChI is InChI=1S/C21H24N2O5S2/c24-20(15-29-14-17-6-8-19(9-7-17)21(25)26)22-10-12-23(13-11-22)30(27,28)16-18-4-2-1-3-5-18/h1-9H,10-16H2,(H,25,26). The lowest BCUT2D eigenvalue weighted by molar-refractivity contribution is -0.129. The van der Waals surface area contributed by atoms with Crippen molar-refractivity contribution in [2.24, 2.45) is 0 Å². The van der Waals surface area contributed by atoms with Crippen LogP contribution in [0, 0.1) is 0 Å². The minimum Gasteiger partial charge on any atom is -0.478 e. The maximum atomic E-state index is 12.6. The van der Waals surface area contributed by atoms with Crippen molar-refractivity contribution in [1.82, 2.24) is 9.21 Å². The van der Waals surface area contributed by atoms with Gasteiger partial charge >= 0.3 is 5.97 Å². The van der Waals surface area contributed by atoms with Crippen LogP contribution in [0.5, 0.6) is 0 Å². The Balaban J connectivity index is 1.43. The molecule has 2 aromatic carbocycles. The van der Waals surface area contributed by atoms with Crippen LogP contribution in [0.4, 0.5) is 0 Å². The fraction of sp³-hybridized carbons (Fsp3) is 0.333. The second kappa shape index (κ2) is 10.1. The number of piperazine rings is 1. The number of carboxylic acid groups (broad SMARTS) is 1. The molecule has 0 bridgehead atoms. The van der Waals surface area contributed by atoms with Gasteiger partial charge in [0.1, 0.15) is 0 Å². The summed E-state index contributed by atoms with van der Waals surface area (Å²) in [4.78, 5) is 25.0. The molecule has 160 valence electrons. The molecule has 1 fully saturated rings. The first-order chi connectivity index (χ1) is 14.3. The molecular weight excluding hydrogens is 424 g/mol. The van der Waals surface area contributed by atoms with E-state index in [1.807, 2.05) is 18.2 Å². The molecule has 1 aliphatic rings. The second-order valence-electron chi connectivity index (χ2n) is 7.02. The lowest BCUT2D eigenvalue weighted by atomic mass is 10.1. The predicted molar refractivity (Wildman–Crippen MR) is 117 cm³/mol. The van der Waals surface area contributed by atoms with Crippen molar-refractivity contribution in [2.75, 3.05) is 31.9 Å². The molecule has 0 saturated carbocycles. The Labute approximate surface area is 180 Å². The largest absolute Gasteiger partial charge is 0.478 e. The molecule has 0 radical (unpaired) electrons. The number of amides is 1. The first kappa shape index (κ1) is 22.3. The maximum Gasteiger partial charge on any atom is 0.335 e. The van der Waals surface area contributed by atoms with E-state index >= 15 is 0 Å². The van der Waals surface area contributed by atoms with E-state index in [9.17, 15) is 18.0 Å². The quantitative estimate of drug-likeness (QED) is 0.666. The van der Waals surface area contributed by atoms with Crippen LogP contribution in [0.2, 0.25) is 0 Å². The van der Waals surface area contributed by atoms with Gasteiger partial charge in [-0.2, -0.15) is 4.31 Å². The predicted octanol–water partition coefficient (Wildman–Crippen LogP) is 2.29. The first-order valence-electron chi connectivity index (χ1n) is 9.55. The van der Waals surface area contributed by atoms with Gasteiger partial charge in [0.2, 0.25) is 15.9 Å². The van der Waals surface area contributed by atoms with Crippen molar-refractivity contribution in [2.45, 2.75) is 11.5 Å². The Kier molecular flexibility index (Phi) is 7.52. The van der Waals surface area contributed by atoms with Gasteiger partial charge in [-0.1, -0.05) is 42.5 Å². The van der Waals surface area contributed by atoms with E-state index < -0.39 is 16.0 Å². The normalized spacial score (nSPS) is 15.1. The third-order valence-electron chi connectivity index (χ3n) is 4.87. The highest BCUT2D eigenvalue weighted by atomic mass is 32.2. The van der Waals surface area contributed by atoms with Crippen LogP contribution in [0.25, 0.3) is 0 Å². The average Bonchev–Trinajstić information content (AvgIpc) is 2.74. The third kappa shape index (κ3) is 6.07. The number of hydrogen-bond donors (Lipinski definition) is 1. The van der Waals surface area contributed by atoms with Crippen molar-refractivity contribution in [3.8, 4) is 0 Å². The summed E-state index contributed by atoms with van der Waals surface area (Å²) in [5.74, 6) is -0.0936. The van der Waals surface area contributed by atoms with Gasteiger partial charge in [0, 0.05) is 31.9 Å². The van der Waals surface area contributed by atoms with Gasteiger partial charge in [-0.25, -0.2) is 13.2 Å². The van der Waals surface area contributed by atoms with Crippen LogP contribution in [0.3, 0.4) is 0 Å². The Morgan fingerprint density at radius 1 is 0.900 bits per heavy atom. The van der Waals surface area contributed by atoms with Gasteiger partial charge < -0.3 is 10.0 Å². The summed E-state index contributed by atoms with van der Waals surface area (Å²) < 4.78 is 26.7. The van der Waals surface area contributed by atoms with Crippen molar-refractivity contribution in [3.63, 3.8) is 0 Å². The summed E-state index contributed by atoms with van der Waals surface area (Å²) >= 11 is 1.46. The SMILES string of the molecule is O=C(O)c1ccc(CSCC(=O)N2CCN(S(=O)(=O)Cc3ccccc3)CC2)cc1. The molecule has 1 heterocycles. The zero-order chi connectivity index (χ0) is 21.6. The van der Waals surface area contributed by atoms with Crippen LogP contribution >= 0.6 is 11.8 Å². The van der Waals surface area contributed by atoms with E-state index in [1.165, 1.54) is 16.1 Å². The molecule has 0 aromatic heterocycles. The van der Waals surface area contributed by atoms with E-state index in [-0.39, 0.29) is 17.2 Å². The first-order valence-corrected chi connectivity index (χ1v) is 12.3. The fourth-order valence-corrected chi connectivity index (χ4v) is 5.59. The van der Waals surface area contributed by atoms with Crippen LogP contribution in [-0.4, -0.2) is 66.5 Å². The number of hydrogen-bond acceptors (Lipinski definition) is 5. The monoisotopic (exact) mass is 448 g/mol. The summed E-state index contributed by atoms with van der Waals surface area (Å²) in [5, 5.41) is 8.92. The Morgan fingerprint density at radius 2 is 1.53 bits per heavy atom. The van der Waals surface area contributed by atoms with E-state index in [0.717, 1.165) is 11.1 Å². The van der Waals surface area contributed by atoms with E-state index in [4.69, 9.17) is 5.11 Å². The van der Waals surface area contributed by atoms with Gasteiger partial charge in [-0.15, -0.1) is 11.8 Å². The second-order valence-corrected chi connectivity index (χ2v) is 9.97. The Hall–Kier alpha value is -2.36. The number of carbonyl (C=O) groups is 2. The van der Waals surface area contributed by atoms with Crippen LogP contribution < -0.4 is 0 Å². The Bertz CT molecular complexity index is 970. The molecule has 30 heavy (non-hydrogen) atoms. The summed E-state index contributed by atoms with van der Waals surface area (Å²) in [5.41, 5.74) is 1.94. The Morgan fingerprint density at radius 3 is 2.13 bits per heavy atom. The van der Waals surface area contributed by atoms with Crippen molar-refractivity contribution < 1.29 is 23.1 Å². The summed E-state index contributed by atoms with van der Waals surface area (Å²) in [6, 6.07) is 15.7. The molecule has 9 heteroatoms. The molecule has 1 amide bonds. The number of aromatic carboxylic acids is 1. The topological polar surface area (TPSA) is 95.0 Å². The zero-order valence-corrected chi connectivity index (χ0v) is 18.1. The zero-order valence-electron chi connectivity index (χ0n) is 16.4. The molecule has 1 saturated heterocycles. The average molecular weight is 449 g/mol. The molecule has 0 unspecified atom stereocenters. The van der Waals surface area contributed by atoms with Crippen LogP contribution in [0.1, 0.15) is 21.5 Å². The number of rotatable bonds is 8. The molecule has 2 aromatic rings. The van der Waals surface area contributed by atoms with Gasteiger partial charge in [0.15, 0.2) is 0 Å². The van der Waals surface area contributed by atoms with Gasteiger partial charge in [0.25, 0.3) is 0 Å². The number of nitrogens with zero attached hydrogens (tertiary/aromatic N) is 2. The number of sulfonamides is 1. The highest BCUT2D eigenvalue weighted by Gasteiger charge is 2.28. The molecule has 3 rings (SSSR count). The molecule has 1 aliphatic heterocycles. The van der Waals surface area contributed by atoms with E-state index in [1.54, 1.807) is 41.3 Å². The smallest absolute Gasteiger partial charge is 0.335 e. The molecule has 7 nitrogen and oxygen atoms in total.